The number of halogens is 1. The molecule has 0 aliphatic heterocycles. The summed E-state index contributed by atoms with van der Waals surface area (Å²) in [5, 5.41) is 3.07. The highest BCUT2D eigenvalue weighted by molar-refractivity contribution is 5.85. The van der Waals surface area contributed by atoms with E-state index in [2.05, 4.69) is 5.32 Å². The summed E-state index contributed by atoms with van der Waals surface area (Å²) >= 11 is 0. The van der Waals surface area contributed by atoms with E-state index in [4.69, 9.17) is 14.2 Å². The van der Waals surface area contributed by atoms with Gasteiger partial charge in [0.25, 0.3) is 0 Å². The van der Waals surface area contributed by atoms with Crippen molar-refractivity contribution in [1.82, 2.24) is 5.32 Å². The van der Waals surface area contributed by atoms with Gasteiger partial charge in [-0.25, -0.2) is 0 Å². The van der Waals surface area contributed by atoms with Crippen LogP contribution in [-0.2, 0) is 6.54 Å². The number of hydrogen-bond donors (Lipinski definition) is 1. The average Bonchev–Trinajstić information content (AvgIpc) is 2.28. The van der Waals surface area contributed by atoms with Crippen molar-refractivity contribution in [2.24, 2.45) is 0 Å². The van der Waals surface area contributed by atoms with E-state index in [-0.39, 0.29) is 12.4 Å². The molecule has 5 heteroatoms. The van der Waals surface area contributed by atoms with E-state index in [9.17, 15) is 0 Å². The van der Waals surface area contributed by atoms with Crippen LogP contribution in [0.2, 0.25) is 0 Å². The molecule has 1 rings (SSSR count). The second kappa shape index (κ2) is 7.19. The molecule has 0 saturated heterocycles. The van der Waals surface area contributed by atoms with Crippen molar-refractivity contribution in [1.29, 1.82) is 0 Å². The van der Waals surface area contributed by atoms with Gasteiger partial charge in [-0.3, -0.25) is 0 Å². The molecule has 0 spiro atoms. The monoisotopic (exact) mass is 247 g/mol. The molecule has 1 aromatic carbocycles. The van der Waals surface area contributed by atoms with Gasteiger partial charge < -0.3 is 19.5 Å². The summed E-state index contributed by atoms with van der Waals surface area (Å²) in [6.45, 7) is 0.726. The van der Waals surface area contributed by atoms with E-state index in [1.165, 1.54) is 0 Å². The maximum Gasteiger partial charge on any atom is 0.203 e. The van der Waals surface area contributed by atoms with E-state index in [1.807, 2.05) is 19.2 Å². The molecule has 4 nitrogen and oxygen atoms in total. The normalized spacial score (nSPS) is 9.25. The number of hydrogen-bond acceptors (Lipinski definition) is 4. The molecule has 1 N–H and O–H groups in total. The van der Waals surface area contributed by atoms with Crippen molar-refractivity contribution >= 4 is 12.4 Å². The molecule has 0 bridgehead atoms. The third-order valence-corrected chi connectivity index (χ3v) is 2.15. The summed E-state index contributed by atoms with van der Waals surface area (Å²) in [5.74, 6) is 2.02. The van der Waals surface area contributed by atoms with Gasteiger partial charge >= 0.3 is 0 Å². The summed E-state index contributed by atoms with van der Waals surface area (Å²) in [4.78, 5) is 0. The van der Waals surface area contributed by atoms with Crippen LogP contribution in [0.1, 0.15) is 5.56 Å². The van der Waals surface area contributed by atoms with Crippen LogP contribution < -0.4 is 19.5 Å². The minimum absolute atomic E-state index is 0. The molecule has 0 aliphatic rings. The molecule has 92 valence electrons. The molecule has 1 aromatic rings. The Morgan fingerprint density at radius 2 is 1.62 bits per heavy atom. The van der Waals surface area contributed by atoms with Gasteiger partial charge in [-0.05, 0) is 13.1 Å². The van der Waals surface area contributed by atoms with Gasteiger partial charge in [0, 0.05) is 12.1 Å². The zero-order valence-corrected chi connectivity index (χ0v) is 10.8. The third-order valence-electron chi connectivity index (χ3n) is 2.15. The van der Waals surface area contributed by atoms with Crippen molar-refractivity contribution in [2.75, 3.05) is 28.4 Å². The lowest BCUT2D eigenvalue weighted by molar-refractivity contribution is 0.322. The van der Waals surface area contributed by atoms with Crippen molar-refractivity contribution in [3.63, 3.8) is 0 Å². The smallest absolute Gasteiger partial charge is 0.203 e. The number of benzene rings is 1. The Labute approximate surface area is 102 Å². The number of ether oxygens (including phenoxy) is 3. The van der Waals surface area contributed by atoms with Crippen LogP contribution in [0.25, 0.3) is 0 Å². The van der Waals surface area contributed by atoms with Crippen molar-refractivity contribution in [3.8, 4) is 17.2 Å². The fourth-order valence-electron chi connectivity index (χ4n) is 1.49. The van der Waals surface area contributed by atoms with Gasteiger partial charge in [-0.1, -0.05) is 6.07 Å². The first-order valence-electron chi connectivity index (χ1n) is 4.70. The second-order valence-electron chi connectivity index (χ2n) is 3.02. The van der Waals surface area contributed by atoms with Crippen LogP contribution in [0.3, 0.4) is 0 Å². The van der Waals surface area contributed by atoms with Gasteiger partial charge in [0.1, 0.15) is 0 Å². The van der Waals surface area contributed by atoms with Gasteiger partial charge in [0.15, 0.2) is 11.5 Å². The molecule has 0 aliphatic carbocycles. The molecule has 0 unspecified atom stereocenters. The highest BCUT2D eigenvalue weighted by Crippen LogP contribution is 2.39. The molecule has 0 radical (unpaired) electrons. The van der Waals surface area contributed by atoms with Crippen molar-refractivity contribution in [2.45, 2.75) is 6.54 Å². The fourth-order valence-corrected chi connectivity index (χ4v) is 1.49. The number of rotatable bonds is 5. The molecule has 0 atom stereocenters. The Bertz CT molecular complexity index is 331. The second-order valence-corrected chi connectivity index (χ2v) is 3.02. The van der Waals surface area contributed by atoms with Crippen molar-refractivity contribution in [3.05, 3.63) is 17.7 Å². The SMILES string of the molecule is CNCc1ccc(OC)c(OC)c1OC.Cl. The lowest BCUT2D eigenvalue weighted by Crippen LogP contribution is -2.07. The molecular weight excluding hydrogens is 230 g/mol. The van der Waals surface area contributed by atoms with E-state index in [1.54, 1.807) is 21.3 Å². The van der Waals surface area contributed by atoms with Crippen LogP contribution in [-0.4, -0.2) is 28.4 Å². The van der Waals surface area contributed by atoms with Crippen LogP contribution in [0.5, 0.6) is 17.2 Å². The molecular formula is C11H18ClNO3. The highest BCUT2D eigenvalue weighted by Gasteiger charge is 2.14. The van der Waals surface area contributed by atoms with Gasteiger partial charge in [0.2, 0.25) is 5.75 Å². The van der Waals surface area contributed by atoms with Crippen LogP contribution >= 0.6 is 12.4 Å². The molecule has 0 aromatic heterocycles. The van der Waals surface area contributed by atoms with Gasteiger partial charge in [-0.15, -0.1) is 12.4 Å². The minimum Gasteiger partial charge on any atom is -0.493 e. The largest absolute Gasteiger partial charge is 0.493 e. The standard InChI is InChI=1S/C11H17NO3.ClH/c1-12-7-8-5-6-9(13-2)11(15-4)10(8)14-3;/h5-6,12H,7H2,1-4H3;1H. The maximum absolute atomic E-state index is 5.32. The first-order chi connectivity index (χ1) is 7.28. The lowest BCUT2D eigenvalue weighted by atomic mass is 10.1. The molecule has 0 heterocycles. The van der Waals surface area contributed by atoms with Gasteiger partial charge in [0.05, 0.1) is 21.3 Å². The summed E-state index contributed by atoms with van der Waals surface area (Å²) < 4.78 is 15.8. The van der Waals surface area contributed by atoms with E-state index >= 15 is 0 Å². The average molecular weight is 248 g/mol. The minimum atomic E-state index is 0. The number of nitrogens with one attached hydrogen (secondary N) is 1. The molecule has 0 saturated carbocycles. The van der Waals surface area contributed by atoms with Gasteiger partial charge in [-0.2, -0.15) is 0 Å². The first-order valence-corrected chi connectivity index (χ1v) is 4.70. The molecule has 0 fully saturated rings. The quantitative estimate of drug-likeness (QED) is 0.862. The van der Waals surface area contributed by atoms with Crippen LogP contribution in [0.15, 0.2) is 12.1 Å². The Balaban J connectivity index is 0.00000225. The van der Waals surface area contributed by atoms with Crippen molar-refractivity contribution < 1.29 is 14.2 Å². The third kappa shape index (κ3) is 2.93. The molecule has 16 heavy (non-hydrogen) atoms. The summed E-state index contributed by atoms with van der Waals surface area (Å²) in [7, 11) is 6.71. The van der Waals surface area contributed by atoms with Crippen LogP contribution in [0.4, 0.5) is 0 Å². The van der Waals surface area contributed by atoms with Crippen LogP contribution in [0, 0.1) is 0 Å². The predicted octanol–water partition coefficient (Wildman–Crippen LogP) is 1.85. The number of methoxy groups -OCH3 is 3. The summed E-state index contributed by atoms with van der Waals surface area (Å²) in [5.41, 5.74) is 1.04. The summed E-state index contributed by atoms with van der Waals surface area (Å²) in [6, 6.07) is 3.82. The Hall–Kier alpha value is -1.13. The maximum atomic E-state index is 5.32. The zero-order valence-electron chi connectivity index (χ0n) is 9.99. The highest BCUT2D eigenvalue weighted by atomic mass is 35.5. The first kappa shape index (κ1) is 14.9. The molecule has 0 amide bonds. The topological polar surface area (TPSA) is 39.7 Å². The van der Waals surface area contributed by atoms with E-state index in [0.29, 0.717) is 17.2 Å². The fraction of sp³-hybridized carbons (Fsp3) is 0.455. The summed E-state index contributed by atoms with van der Waals surface area (Å²) in [6.07, 6.45) is 0. The van der Waals surface area contributed by atoms with E-state index < -0.39 is 0 Å². The van der Waals surface area contributed by atoms with E-state index in [0.717, 1.165) is 12.1 Å². The lowest BCUT2D eigenvalue weighted by Gasteiger charge is -2.15. The predicted molar refractivity (Wildman–Crippen MR) is 66.1 cm³/mol. The Morgan fingerprint density at radius 1 is 1.00 bits per heavy atom. The Kier molecular flexibility index (Phi) is 6.69. The zero-order chi connectivity index (χ0) is 11.3. The Morgan fingerprint density at radius 3 is 2.06 bits per heavy atom.